The van der Waals surface area contributed by atoms with Gasteiger partial charge < -0.3 is 28.8 Å². The van der Waals surface area contributed by atoms with Crippen molar-refractivity contribution in [3.63, 3.8) is 0 Å². The molecule has 1 N–H and O–H groups in total. The Morgan fingerprint density at radius 1 is 0.500 bits per heavy atom. The lowest BCUT2D eigenvalue weighted by molar-refractivity contribution is -0.284. The number of esters is 4. The van der Waals surface area contributed by atoms with Crippen LogP contribution in [0.15, 0.2) is 121 Å². The number of hydrogen-bond acceptors (Lipinski definition) is 10. The van der Waals surface area contributed by atoms with Gasteiger partial charge in [-0.1, -0.05) is 72.8 Å². The van der Waals surface area contributed by atoms with Gasteiger partial charge in [0.25, 0.3) is 0 Å². The third kappa shape index (κ3) is 7.35. The second kappa shape index (κ2) is 14.2. The van der Waals surface area contributed by atoms with Crippen molar-refractivity contribution in [1.29, 1.82) is 0 Å². The van der Waals surface area contributed by atoms with Crippen LogP contribution in [0.5, 0.6) is 0 Å². The zero-order chi connectivity index (χ0) is 30.9. The molecule has 0 aromatic heterocycles. The Kier molecular flexibility index (Phi) is 9.75. The molecule has 1 aliphatic heterocycles. The van der Waals surface area contributed by atoms with Crippen LogP contribution in [-0.2, 0) is 23.7 Å². The van der Waals surface area contributed by atoms with Gasteiger partial charge in [0.2, 0.25) is 0 Å². The molecule has 44 heavy (non-hydrogen) atoms. The van der Waals surface area contributed by atoms with E-state index >= 15 is 0 Å². The highest BCUT2D eigenvalue weighted by molar-refractivity contribution is 5.91. The predicted molar refractivity (Wildman–Crippen MR) is 155 cm³/mol. The molecule has 1 heterocycles. The molecule has 3 unspecified atom stereocenters. The summed E-state index contributed by atoms with van der Waals surface area (Å²) in [6, 6.07) is 32.1. The van der Waals surface area contributed by atoms with Crippen molar-refractivity contribution in [2.75, 3.05) is 6.61 Å². The van der Waals surface area contributed by atoms with Gasteiger partial charge >= 0.3 is 23.9 Å². The van der Waals surface area contributed by atoms with Crippen LogP contribution < -0.4 is 0 Å². The first kappa shape index (κ1) is 30.1. The highest BCUT2D eigenvalue weighted by Gasteiger charge is 2.52. The molecule has 10 nitrogen and oxygen atoms in total. The zero-order valence-corrected chi connectivity index (χ0v) is 23.3. The summed E-state index contributed by atoms with van der Waals surface area (Å²) >= 11 is 0. The van der Waals surface area contributed by atoms with Gasteiger partial charge in [-0.25, -0.2) is 19.2 Å². The van der Waals surface area contributed by atoms with Gasteiger partial charge in [0, 0.05) is 0 Å². The first-order valence-electron chi connectivity index (χ1n) is 13.7. The first-order valence-corrected chi connectivity index (χ1v) is 13.7. The van der Waals surface area contributed by atoms with Crippen LogP contribution >= 0.6 is 0 Å². The van der Waals surface area contributed by atoms with Crippen LogP contribution in [0.3, 0.4) is 0 Å². The Morgan fingerprint density at radius 3 is 1.25 bits per heavy atom. The van der Waals surface area contributed by atoms with Gasteiger partial charge in [-0.2, -0.15) is 0 Å². The summed E-state index contributed by atoms with van der Waals surface area (Å²) in [7, 11) is 0. The van der Waals surface area contributed by atoms with Crippen molar-refractivity contribution in [3.8, 4) is 0 Å². The highest BCUT2D eigenvalue weighted by atomic mass is 16.7. The Balaban J connectivity index is 1.48. The van der Waals surface area contributed by atoms with E-state index in [9.17, 15) is 24.3 Å². The molecule has 1 fully saturated rings. The molecule has 1 aliphatic rings. The molecule has 5 rings (SSSR count). The molecular formula is C34H28O10. The first-order chi connectivity index (χ1) is 21.4. The maximum atomic E-state index is 13.3. The van der Waals surface area contributed by atoms with E-state index < -0.39 is 61.2 Å². The lowest BCUT2D eigenvalue weighted by atomic mass is 9.97. The van der Waals surface area contributed by atoms with Gasteiger partial charge in [0.1, 0.15) is 12.7 Å². The largest absolute Gasteiger partial charge is 0.459 e. The van der Waals surface area contributed by atoms with Crippen molar-refractivity contribution in [2.24, 2.45) is 0 Å². The molecule has 224 valence electrons. The summed E-state index contributed by atoms with van der Waals surface area (Å²) in [5.74, 6) is -3.21. The minimum Gasteiger partial charge on any atom is -0.459 e. The molecule has 0 bridgehead atoms. The van der Waals surface area contributed by atoms with E-state index in [2.05, 4.69) is 0 Å². The van der Waals surface area contributed by atoms with Crippen LogP contribution in [0.25, 0.3) is 0 Å². The second-order valence-corrected chi connectivity index (χ2v) is 9.74. The molecule has 0 saturated carbocycles. The molecular weight excluding hydrogens is 568 g/mol. The molecule has 10 heteroatoms. The molecule has 4 aromatic carbocycles. The van der Waals surface area contributed by atoms with Gasteiger partial charge in [0.15, 0.2) is 24.6 Å². The lowest BCUT2D eigenvalue weighted by Crippen LogP contribution is -2.62. The topological polar surface area (TPSA) is 135 Å². The number of hydrogen-bond donors (Lipinski definition) is 1. The fraction of sp³-hybridized carbons (Fsp3) is 0.176. The van der Waals surface area contributed by atoms with E-state index in [0.717, 1.165) is 0 Å². The molecule has 0 aliphatic carbocycles. The van der Waals surface area contributed by atoms with Gasteiger partial charge in [0.05, 0.1) is 22.3 Å². The number of aliphatic hydroxyl groups excluding tert-OH is 1. The van der Waals surface area contributed by atoms with E-state index in [4.69, 9.17) is 23.7 Å². The highest BCUT2D eigenvalue weighted by Crippen LogP contribution is 2.30. The minimum atomic E-state index is -1.86. The predicted octanol–water partition coefficient (Wildman–Crippen LogP) is 4.24. The number of benzene rings is 4. The Labute approximate surface area is 252 Å². The van der Waals surface area contributed by atoms with Crippen LogP contribution in [0.4, 0.5) is 0 Å². The fourth-order valence-electron chi connectivity index (χ4n) is 4.54. The number of aliphatic hydroxyl groups is 1. The third-order valence-corrected chi connectivity index (χ3v) is 6.76. The Hall–Kier alpha value is -5.32. The summed E-state index contributed by atoms with van der Waals surface area (Å²) in [5, 5.41) is 11.1. The smallest absolute Gasteiger partial charge is 0.338 e. The molecule has 5 atom stereocenters. The summed E-state index contributed by atoms with van der Waals surface area (Å²) < 4.78 is 28.4. The van der Waals surface area contributed by atoms with E-state index in [-0.39, 0.29) is 22.3 Å². The normalized spacial score (nSPS) is 21.0. The monoisotopic (exact) mass is 596 g/mol. The quantitative estimate of drug-likeness (QED) is 0.221. The summed E-state index contributed by atoms with van der Waals surface area (Å²) in [4.78, 5) is 52.3. The standard InChI is InChI=1S/C34H28O10/c35-30(22-13-5-1-6-14-22)40-21-26-27(42-31(36)23-15-7-2-8-16-23)28(43-32(37)24-17-9-3-10-18-24)29(34(39)41-26)44-33(38)25-19-11-4-12-20-25/h1-20,26-29,34,39H,21H2/t26?,27-,28?,29?,34-/m1/s1. The van der Waals surface area contributed by atoms with E-state index in [1.807, 2.05) is 0 Å². The summed E-state index contributed by atoms with van der Waals surface area (Å²) in [5.41, 5.74) is 0.736. The van der Waals surface area contributed by atoms with Crippen LogP contribution in [-0.4, -0.2) is 66.3 Å². The van der Waals surface area contributed by atoms with Crippen LogP contribution in [0.1, 0.15) is 41.4 Å². The van der Waals surface area contributed by atoms with Crippen molar-refractivity contribution in [3.05, 3.63) is 144 Å². The van der Waals surface area contributed by atoms with E-state index in [0.29, 0.717) is 0 Å². The lowest BCUT2D eigenvalue weighted by Gasteiger charge is -2.42. The van der Waals surface area contributed by atoms with Gasteiger partial charge in [-0.3, -0.25) is 0 Å². The number of carbonyl (C=O) groups is 4. The molecule has 0 amide bonds. The fourth-order valence-corrected chi connectivity index (χ4v) is 4.54. The van der Waals surface area contributed by atoms with Crippen LogP contribution in [0.2, 0.25) is 0 Å². The summed E-state index contributed by atoms with van der Waals surface area (Å²) in [6.07, 6.45) is -7.89. The minimum absolute atomic E-state index is 0.154. The average molecular weight is 597 g/mol. The van der Waals surface area contributed by atoms with Crippen molar-refractivity contribution >= 4 is 23.9 Å². The second-order valence-electron chi connectivity index (χ2n) is 9.74. The maximum absolute atomic E-state index is 13.3. The van der Waals surface area contributed by atoms with Crippen molar-refractivity contribution < 1.29 is 48.0 Å². The van der Waals surface area contributed by atoms with Crippen molar-refractivity contribution in [1.82, 2.24) is 0 Å². The van der Waals surface area contributed by atoms with E-state index in [1.165, 1.54) is 36.4 Å². The molecule has 4 aromatic rings. The Morgan fingerprint density at radius 2 is 0.841 bits per heavy atom. The third-order valence-electron chi connectivity index (χ3n) is 6.76. The Bertz CT molecular complexity index is 1560. The number of carbonyl (C=O) groups excluding carboxylic acids is 4. The average Bonchev–Trinajstić information content (AvgIpc) is 3.07. The zero-order valence-electron chi connectivity index (χ0n) is 23.3. The molecule has 0 spiro atoms. The van der Waals surface area contributed by atoms with Gasteiger partial charge in [-0.15, -0.1) is 0 Å². The van der Waals surface area contributed by atoms with Gasteiger partial charge in [-0.05, 0) is 48.5 Å². The number of rotatable bonds is 9. The molecule has 1 saturated heterocycles. The van der Waals surface area contributed by atoms with E-state index in [1.54, 1.807) is 84.9 Å². The SMILES string of the molecule is O=C(OCC1O[C@@H](O)C(OC(=O)c2ccccc2)C(OC(=O)c2ccccc2)[C@@H]1OC(=O)c1ccccc1)c1ccccc1. The number of ether oxygens (including phenoxy) is 5. The van der Waals surface area contributed by atoms with Crippen molar-refractivity contribution in [2.45, 2.75) is 30.7 Å². The molecule has 0 radical (unpaired) electrons. The summed E-state index contributed by atoms with van der Waals surface area (Å²) in [6.45, 7) is -0.504. The van der Waals surface area contributed by atoms with Crippen LogP contribution in [0, 0.1) is 0 Å². The maximum Gasteiger partial charge on any atom is 0.338 e.